The van der Waals surface area contributed by atoms with Crippen LogP contribution in [0, 0.1) is 11.6 Å². The lowest BCUT2D eigenvalue weighted by atomic mass is 9.84. The highest BCUT2D eigenvalue weighted by Crippen LogP contribution is 2.51. The van der Waals surface area contributed by atoms with Crippen molar-refractivity contribution in [2.75, 3.05) is 39.5 Å². The number of rotatable bonds is 15. The van der Waals surface area contributed by atoms with Gasteiger partial charge in [0, 0.05) is 18.2 Å². The molecule has 1 aliphatic carbocycles. The summed E-state index contributed by atoms with van der Waals surface area (Å²) in [6, 6.07) is 27.3. The Kier molecular flexibility index (Phi) is 13.7. The first kappa shape index (κ1) is 45.0. The third-order valence-electron chi connectivity index (χ3n) is 11.4. The molecule has 6 nitrogen and oxygen atoms in total. The van der Waals surface area contributed by atoms with E-state index < -0.39 is 74.5 Å². The standard InChI is InChI=1S/C48H57F5N2O4Si/c1-33-29-38-37-22-15-14-17-34(37)30-39(38)44(42-40(50)23-24-41(43(42)51)57-28-27-54(26-16-25-49)45(56)59-46(2,3)4)55(33)31-48(52,53)32-58-60(47(5,6)7,35-18-10-8-11-19-35)36-20-12-9-13-21-36/h8-15,17-24,33,44H,16,25-32H2,1-7H3/t33-,44+/m1/s1. The van der Waals surface area contributed by atoms with Crippen LogP contribution in [0.1, 0.15) is 84.0 Å². The van der Waals surface area contributed by atoms with Crippen LogP contribution < -0.4 is 15.1 Å². The van der Waals surface area contributed by atoms with Crippen LogP contribution in [0.5, 0.6) is 5.75 Å². The van der Waals surface area contributed by atoms with Crippen molar-refractivity contribution in [2.45, 2.75) is 96.4 Å². The molecule has 60 heavy (non-hydrogen) atoms. The molecule has 0 N–H and O–H groups in total. The summed E-state index contributed by atoms with van der Waals surface area (Å²) in [6.45, 7) is 10.4. The minimum atomic E-state index is -3.45. The van der Waals surface area contributed by atoms with Gasteiger partial charge in [-0.2, -0.15) is 0 Å². The molecule has 0 aromatic heterocycles. The zero-order valence-electron chi connectivity index (χ0n) is 35.7. The molecule has 0 saturated carbocycles. The van der Waals surface area contributed by atoms with E-state index in [0.717, 1.165) is 39.2 Å². The number of fused-ring (bicyclic) bond motifs is 2. The third kappa shape index (κ3) is 9.66. The molecule has 2 aliphatic rings. The predicted molar refractivity (Wildman–Crippen MR) is 229 cm³/mol. The molecule has 4 aromatic carbocycles. The molecule has 2 atom stereocenters. The molecule has 6 rings (SSSR count). The van der Waals surface area contributed by atoms with Gasteiger partial charge < -0.3 is 18.8 Å². The Morgan fingerprint density at radius 1 is 0.850 bits per heavy atom. The smallest absolute Gasteiger partial charge is 0.410 e. The van der Waals surface area contributed by atoms with Crippen molar-refractivity contribution in [2.24, 2.45) is 0 Å². The van der Waals surface area contributed by atoms with Crippen molar-refractivity contribution in [1.82, 2.24) is 9.80 Å². The second-order valence-electron chi connectivity index (χ2n) is 17.9. The van der Waals surface area contributed by atoms with Gasteiger partial charge in [-0.15, -0.1) is 0 Å². The summed E-state index contributed by atoms with van der Waals surface area (Å²) >= 11 is 0. The van der Waals surface area contributed by atoms with Gasteiger partial charge in [-0.05, 0) is 96.8 Å². The van der Waals surface area contributed by atoms with Crippen LogP contribution in [0.25, 0.3) is 5.57 Å². The molecular formula is C48H57F5N2O4Si. The minimum Gasteiger partial charge on any atom is -0.489 e. The van der Waals surface area contributed by atoms with Crippen LogP contribution in [0.2, 0.25) is 5.04 Å². The average molecular weight is 849 g/mol. The van der Waals surface area contributed by atoms with E-state index in [1.807, 2.05) is 113 Å². The van der Waals surface area contributed by atoms with Crippen molar-refractivity contribution in [3.8, 4) is 5.75 Å². The summed E-state index contributed by atoms with van der Waals surface area (Å²) in [5.74, 6) is -5.65. The number of alkyl halides is 3. The summed E-state index contributed by atoms with van der Waals surface area (Å²) in [4.78, 5) is 15.7. The zero-order valence-corrected chi connectivity index (χ0v) is 36.7. The summed E-state index contributed by atoms with van der Waals surface area (Å²) in [5.41, 5.74) is 2.29. The van der Waals surface area contributed by atoms with Crippen LogP contribution in [0.15, 0.2) is 103 Å². The number of nitrogens with zero attached hydrogens (tertiary/aromatic N) is 2. The number of benzene rings is 4. The largest absolute Gasteiger partial charge is 0.489 e. The SMILES string of the molecule is C[C@@H]1CC2=C(Cc3ccccc32)[C@@H](c2c(F)ccc(OCCN(CCCF)C(=O)OC(C)(C)C)c2F)N1CC(F)(F)CO[Si](c1ccccc1)(c1ccccc1)C(C)(C)C. The topological polar surface area (TPSA) is 51.2 Å². The molecule has 0 bridgehead atoms. The van der Waals surface area contributed by atoms with Crippen LogP contribution in [0.4, 0.5) is 26.7 Å². The normalized spacial score (nSPS) is 17.3. The third-order valence-corrected chi connectivity index (χ3v) is 16.3. The summed E-state index contributed by atoms with van der Waals surface area (Å²) < 4.78 is 98.4. The fourth-order valence-corrected chi connectivity index (χ4v) is 13.3. The lowest BCUT2D eigenvalue weighted by Crippen LogP contribution is -2.67. The Balaban J connectivity index is 1.34. The Hall–Kier alpha value is -4.52. The molecule has 12 heteroatoms. The van der Waals surface area contributed by atoms with E-state index in [1.54, 1.807) is 20.8 Å². The number of carbonyl (C=O) groups is 1. The average Bonchev–Trinajstić information content (AvgIpc) is 3.55. The van der Waals surface area contributed by atoms with Crippen molar-refractivity contribution in [3.63, 3.8) is 0 Å². The van der Waals surface area contributed by atoms with Crippen LogP contribution in [0.3, 0.4) is 0 Å². The van der Waals surface area contributed by atoms with E-state index in [9.17, 15) is 9.18 Å². The number of hydrogen-bond donors (Lipinski definition) is 0. The number of halogens is 5. The summed E-state index contributed by atoms with van der Waals surface area (Å²) in [6.07, 6.45) is 0.143. The van der Waals surface area contributed by atoms with Gasteiger partial charge in [0.15, 0.2) is 11.6 Å². The van der Waals surface area contributed by atoms with Crippen molar-refractivity contribution in [3.05, 3.63) is 131 Å². The Morgan fingerprint density at radius 2 is 1.47 bits per heavy atom. The van der Waals surface area contributed by atoms with Gasteiger partial charge in [0.25, 0.3) is 14.2 Å². The maximum absolute atomic E-state index is 17.0. The van der Waals surface area contributed by atoms with E-state index in [1.165, 1.54) is 9.80 Å². The molecule has 1 amide bonds. The van der Waals surface area contributed by atoms with Gasteiger partial charge >= 0.3 is 6.09 Å². The van der Waals surface area contributed by atoms with Gasteiger partial charge in [0.1, 0.15) is 18.0 Å². The van der Waals surface area contributed by atoms with E-state index in [4.69, 9.17) is 13.9 Å². The van der Waals surface area contributed by atoms with E-state index in [0.29, 0.717) is 18.4 Å². The maximum atomic E-state index is 17.0. The van der Waals surface area contributed by atoms with Crippen molar-refractivity contribution < 1.29 is 40.6 Å². The Labute approximate surface area is 352 Å². The number of hydrogen-bond acceptors (Lipinski definition) is 5. The molecular weight excluding hydrogens is 792 g/mol. The van der Waals surface area contributed by atoms with Gasteiger partial charge in [0.05, 0.1) is 32.4 Å². The van der Waals surface area contributed by atoms with Crippen molar-refractivity contribution >= 4 is 30.4 Å². The van der Waals surface area contributed by atoms with Crippen LogP contribution >= 0.6 is 0 Å². The molecule has 0 unspecified atom stereocenters. The van der Waals surface area contributed by atoms with E-state index in [2.05, 4.69) is 0 Å². The molecule has 1 aliphatic heterocycles. The van der Waals surface area contributed by atoms with Gasteiger partial charge in [-0.3, -0.25) is 9.29 Å². The lowest BCUT2D eigenvalue weighted by molar-refractivity contribution is -0.0818. The molecule has 0 spiro atoms. The fourth-order valence-electron chi connectivity index (χ4n) is 8.75. The monoisotopic (exact) mass is 848 g/mol. The summed E-state index contributed by atoms with van der Waals surface area (Å²) in [5, 5.41) is 1.17. The maximum Gasteiger partial charge on any atom is 0.410 e. The number of ether oxygens (including phenoxy) is 2. The second kappa shape index (κ2) is 18.2. The molecule has 322 valence electrons. The molecule has 0 saturated heterocycles. The van der Waals surface area contributed by atoms with Crippen molar-refractivity contribution in [1.29, 1.82) is 0 Å². The highest BCUT2D eigenvalue weighted by Gasteiger charge is 2.53. The van der Waals surface area contributed by atoms with Gasteiger partial charge in [-0.1, -0.05) is 106 Å². The van der Waals surface area contributed by atoms with Crippen LogP contribution in [-0.4, -0.2) is 81.3 Å². The molecule has 0 fully saturated rings. The zero-order chi connectivity index (χ0) is 43.5. The Morgan fingerprint density at radius 3 is 2.07 bits per heavy atom. The number of carbonyl (C=O) groups excluding carboxylic acids is 1. The van der Waals surface area contributed by atoms with E-state index in [-0.39, 0.29) is 37.4 Å². The highest BCUT2D eigenvalue weighted by molar-refractivity contribution is 6.99. The quantitative estimate of drug-likeness (QED) is 0.0881. The Bertz CT molecular complexity index is 2100. The first-order valence-corrected chi connectivity index (χ1v) is 22.6. The lowest BCUT2D eigenvalue weighted by Gasteiger charge is -2.46. The molecule has 1 heterocycles. The summed E-state index contributed by atoms with van der Waals surface area (Å²) in [7, 11) is -3.36. The van der Waals surface area contributed by atoms with Crippen LogP contribution in [-0.2, 0) is 15.6 Å². The molecule has 0 radical (unpaired) electrons. The first-order chi connectivity index (χ1) is 28.4. The second-order valence-corrected chi connectivity index (χ2v) is 22.2. The first-order valence-electron chi connectivity index (χ1n) is 20.7. The van der Waals surface area contributed by atoms with Gasteiger partial charge in [-0.25, -0.2) is 22.4 Å². The minimum absolute atomic E-state index is 0.0479. The number of amides is 1. The van der Waals surface area contributed by atoms with Gasteiger partial charge in [0.2, 0.25) is 0 Å². The highest BCUT2D eigenvalue weighted by atomic mass is 28.4. The predicted octanol–water partition coefficient (Wildman–Crippen LogP) is 10.3. The molecule has 4 aromatic rings. The van der Waals surface area contributed by atoms with E-state index >= 15 is 17.6 Å². The fraction of sp³-hybridized carbons (Fsp3) is 0.438.